The number of hydrogen-bond donors (Lipinski definition) is 2. The first-order chi connectivity index (χ1) is 12.1. The van der Waals surface area contributed by atoms with Gasteiger partial charge in [-0.1, -0.05) is 52.9 Å². The average molecular weight is 394 g/mol. The molecule has 0 bridgehead atoms. The number of benzene rings is 2. The van der Waals surface area contributed by atoms with Gasteiger partial charge in [-0.05, 0) is 29.8 Å². The van der Waals surface area contributed by atoms with E-state index in [2.05, 4.69) is 15.5 Å². The van der Waals surface area contributed by atoms with Crippen LogP contribution in [0.15, 0.2) is 52.9 Å². The molecule has 0 amide bonds. The van der Waals surface area contributed by atoms with Gasteiger partial charge in [-0.25, -0.2) is 0 Å². The fourth-order valence-corrected chi connectivity index (χ4v) is 3.97. The lowest BCUT2D eigenvalue weighted by Gasteiger charge is -2.09. The molecule has 130 valence electrons. The fraction of sp³-hybridized carbons (Fsp3) is 0.176. The summed E-state index contributed by atoms with van der Waals surface area (Å²) in [7, 11) is 1.63. The molecule has 0 fully saturated rings. The van der Waals surface area contributed by atoms with E-state index in [1.54, 1.807) is 19.2 Å². The Balaban J connectivity index is 1.57. The van der Waals surface area contributed by atoms with E-state index in [1.165, 1.54) is 23.1 Å². The van der Waals surface area contributed by atoms with Gasteiger partial charge in [0.15, 0.2) is 4.34 Å². The number of thioether (sulfide) groups is 1. The molecule has 1 heterocycles. The first-order valence-electron chi connectivity index (χ1n) is 7.45. The number of halogens is 1. The van der Waals surface area contributed by atoms with Gasteiger partial charge in [-0.2, -0.15) is 0 Å². The quantitative estimate of drug-likeness (QED) is 0.563. The van der Waals surface area contributed by atoms with Crippen LogP contribution >= 0.6 is 34.7 Å². The number of aliphatic hydroxyl groups excluding tert-OH is 1. The van der Waals surface area contributed by atoms with E-state index in [-0.39, 0.29) is 0 Å². The van der Waals surface area contributed by atoms with Crippen molar-refractivity contribution < 1.29 is 9.84 Å². The molecule has 25 heavy (non-hydrogen) atoms. The van der Waals surface area contributed by atoms with Crippen LogP contribution in [0, 0.1) is 0 Å². The third-order valence-corrected chi connectivity index (χ3v) is 5.65. The standard InChI is InChI=1S/C17H16ClN3O2S2/c1-23-14-4-2-3-13(9-14)19-16-20-21-17(25-16)24-10-15(22)11-5-7-12(18)8-6-11/h2-9,15,22H,10H2,1H3,(H,19,20)/t15-/m1/s1. The summed E-state index contributed by atoms with van der Waals surface area (Å²) in [5, 5.41) is 23.0. The molecule has 3 aromatic rings. The Hall–Kier alpha value is -1.80. The van der Waals surface area contributed by atoms with Crippen LogP contribution in [0.25, 0.3) is 0 Å². The van der Waals surface area contributed by atoms with Gasteiger partial charge >= 0.3 is 0 Å². The van der Waals surface area contributed by atoms with E-state index in [0.29, 0.717) is 15.9 Å². The van der Waals surface area contributed by atoms with E-state index in [1.807, 2.05) is 36.4 Å². The number of methoxy groups -OCH3 is 1. The zero-order valence-electron chi connectivity index (χ0n) is 13.3. The number of hydrogen-bond acceptors (Lipinski definition) is 7. The Bertz CT molecular complexity index is 827. The van der Waals surface area contributed by atoms with Crippen LogP contribution in [0.1, 0.15) is 11.7 Å². The van der Waals surface area contributed by atoms with Gasteiger partial charge in [0.05, 0.1) is 13.2 Å². The van der Waals surface area contributed by atoms with Crippen molar-refractivity contribution in [1.29, 1.82) is 0 Å². The largest absolute Gasteiger partial charge is 0.497 e. The van der Waals surface area contributed by atoms with E-state index in [0.717, 1.165) is 21.3 Å². The van der Waals surface area contributed by atoms with Gasteiger partial charge in [0.2, 0.25) is 5.13 Å². The number of aliphatic hydroxyl groups is 1. The maximum absolute atomic E-state index is 10.2. The fourth-order valence-electron chi connectivity index (χ4n) is 2.07. The molecule has 2 N–H and O–H groups in total. The number of anilines is 2. The highest BCUT2D eigenvalue weighted by Crippen LogP contribution is 2.31. The van der Waals surface area contributed by atoms with E-state index in [4.69, 9.17) is 16.3 Å². The highest BCUT2D eigenvalue weighted by atomic mass is 35.5. The molecule has 3 rings (SSSR count). The molecular weight excluding hydrogens is 378 g/mol. The smallest absolute Gasteiger partial charge is 0.210 e. The third-order valence-electron chi connectivity index (χ3n) is 3.35. The number of nitrogens with zero attached hydrogens (tertiary/aromatic N) is 2. The molecular formula is C17H16ClN3O2S2. The van der Waals surface area contributed by atoms with Gasteiger partial charge in [0, 0.05) is 22.5 Å². The molecule has 0 spiro atoms. The lowest BCUT2D eigenvalue weighted by Crippen LogP contribution is -1.99. The maximum Gasteiger partial charge on any atom is 0.210 e. The molecule has 0 aliphatic carbocycles. The lowest BCUT2D eigenvalue weighted by atomic mass is 10.1. The molecule has 0 unspecified atom stereocenters. The van der Waals surface area contributed by atoms with Gasteiger partial charge in [0.25, 0.3) is 0 Å². The molecule has 0 saturated heterocycles. The zero-order valence-corrected chi connectivity index (χ0v) is 15.7. The molecule has 8 heteroatoms. The molecule has 5 nitrogen and oxygen atoms in total. The second kappa shape index (κ2) is 8.53. The van der Waals surface area contributed by atoms with Crippen molar-refractivity contribution in [3.8, 4) is 5.75 Å². The average Bonchev–Trinajstić information content (AvgIpc) is 3.08. The third kappa shape index (κ3) is 5.09. The topological polar surface area (TPSA) is 67.3 Å². The van der Waals surface area contributed by atoms with Crippen molar-refractivity contribution in [3.63, 3.8) is 0 Å². The summed E-state index contributed by atoms with van der Waals surface area (Å²) in [5.41, 5.74) is 1.71. The number of nitrogens with one attached hydrogen (secondary N) is 1. The zero-order chi connectivity index (χ0) is 17.6. The summed E-state index contributed by atoms with van der Waals surface area (Å²) >= 11 is 8.76. The molecule has 0 saturated carbocycles. The molecule has 0 aliphatic rings. The second-order valence-corrected chi connectivity index (χ2v) is 7.79. The molecule has 1 aromatic heterocycles. The number of aromatic nitrogens is 2. The Morgan fingerprint density at radius 1 is 1.24 bits per heavy atom. The van der Waals surface area contributed by atoms with E-state index >= 15 is 0 Å². The van der Waals surface area contributed by atoms with Gasteiger partial charge in [0.1, 0.15) is 5.75 Å². The lowest BCUT2D eigenvalue weighted by molar-refractivity contribution is 0.204. The molecule has 0 aliphatic heterocycles. The van der Waals surface area contributed by atoms with Crippen LogP contribution in [-0.2, 0) is 0 Å². The van der Waals surface area contributed by atoms with Crippen LogP contribution in [0.4, 0.5) is 10.8 Å². The van der Waals surface area contributed by atoms with Crippen LogP contribution < -0.4 is 10.1 Å². The summed E-state index contributed by atoms with van der Waals surface area (Å²) in [4.78, 5) is 0. The Kier molecular flexibility index (Phi) is 6.14. The summed E-state index contributed by atoms with van der Waals surface area (Å²) in [6.07, 6.45) is -0.582. The van der Waals surface area contributed by atoms with Crippen LogP contribution in [0.5, 0.6) is 5.75 Å². The summed E-state index contributed by atoms with van der Waals surface area (Å²) in [6, 6.07) is 14.8. The van der Waals surface area contributed by atoms with Crippen LogP contribution in [0.3, 0.4) is 0 Å². The minimum atomic E-state index is -0.582. The second-order valence-electron chi connectivity index (χ2n) is 5.11. The van der Waals surface area contributed by atoms with Crippen molar-refractivity contribution in [1.82, 2.24) is 10.2 Å². The normalized spacial score (nSPS) is 12.0. The summed E-state index contributed by atoms with van der Waals surface area (Å²) in [5.74, 6) is 1.27. The van der Waals surface area contributed by atoms with Gasteiger partial charge in [-0.3, -0.25) is 0 Å². The Labute approximate surface area is 159 Å². The van der Waals surface area contributed by atoms with Crippen molar-refractivity contribution in [2.45, 2.75) is 10.4 Å². The first-order valence-corrected chi connectivity index (χ1v) is 9.63. The molecule has 1 atom stereocenters. The monoisotopic (exact) mass is 393 g/mol. The first kappa shape index (κ1) is 18.0. The minimum Gasteiger partial charge on any atom is -0.497 e. The Morgan fingerprint density at radius 2 is 2.04 bits per heavy atom. The van der Waals surface area contributed by atoms with Crippen molar-refractivity contribution in [2.24, 2.45) is 0 Å². The van der Waals surface area contributed by atoms with Crippen molar-refractivity contribution in [3.05, 3.63) is 59.1 Å². The summed E-state index contributed by atoms with van der Waals surface area (Å²) < 4.78 is 5.99. The maximum atomic E-state index is 10.2. The Morgan fingerprint density at radius 3 is 2.80 bits per heavy atom. The predicted octanol–water partition coefficient (Wildman–Crippen LogP) is 4.77. The highest BCUT2D eigenvalue weighted by Gasteiger charge is 2.11. The number of ether oxygens (including phenoxy) is 1. The van der Waals surface area contributed by atoms with Crippen molar-refractivity contribution >= 4 is 45.5 Å². The van der Waals surface area contributed by atoms with Crippen LogP contribution in [-0.4, -0.2) is 28.2 Å². The summed E-state index contributed by atoms with van der Waals surface area (Å²) in [6.45, 7) is 0. The van der Waals surface area contributed by atoms with E-state index in [9.17, 15) is 5.11 Å². The van der Waals surface area contributed by atoms with Gasteiger partial charge < -0.3 is 15.2 Å². The van der Waals surface area contributed by atoms with Gasteiger partial charge in [-0.15, -0.1) is 10.2 Å². The minimum absolute atomic E-state index is 0.495. The molecule has 2 aromatic carbocycles. The number of rotatable bonds is 7. The SMILES string of the molecule is COc1cccc(Nc2nnc(SC[C@@H](O)c3ccc(Cl)cc3)s2)c1. The van der Waals surface area contributed by atoms with E-state index < -0.39 is 6.10 Å². The molecule has 0 radical (unpaired) electrons. The predicted molar refractivity (Wildman–Crippen MR) is 103 cm³/mol. The van der Waals surface area contributed by atoms with Crippen LogP contribution in [0.2, 0.25) is 5.02 Å². The van der Waals surface area contributed by atoms with Crippen molar-refractivity contribution in [2.75, 3.05) is 18.2 Å². The highest BCUT2D eigenvalue weighted by molar-refractivity contribution is 8.01.